The molecule has 0 aliphatic heterocycles. The van der Waals surface area contributed by atoms with Crippen LogP contribution in [0.3, 0.4) is 0 Å². The molecular weight excluding hydrogens is 408 g/mol. The van der Waals surface area contributed by atoms with Crippen LogP contribution in [0.2, 0.25) is 0 Å². The molecule has 0 radical (unpaired) electrons. The Bertz CT molecular complexity index is 1060. The van der Waals surface area contributed by atoms with Gasteiger partial charge in [-0.1, -0.05) is 11.8 Å². The monoisotopic (exact) mass is 430 g/mol. The van der Waals surface area contributed by atoms with Crippen molar-refractivity contribution in [3.8, 4) is 0 Å². The molecule has 0 fully saturated rings. The number of fused-ring (bicyclic) bond motifs is 1. The van der Waals surface area contributed by atoms with E-state index in [9.17, 15) is 9.59 Å². The predicted octanol–water partition coefficient (Wildman–Crippen LogP) is 3.42. The quantitative estimate of drug-likeness (QED) is 0.620. The Morgan fingerprint density at radius 3 is 2.45 bits per heavy atom. The lowest BCUT2D eigenvalue weighted by molar-refractivity contribution is -0.115. The van der Waals surface area contributed by atoms with Gasteiger partial charge in [-0.15, -0.1) is 5.10 Å². The van der Waals surface area contributed by atoms with Gasteiger partial charge in [0.1, 0.15) is 0 Å². The van der Waals surface area contributed by atoms with E-state index < -0.39 is 0 Å². The second-order valence-corrected chi connectivity index (χ2v) is 8.38. The average molecular weight is 431 g/mol. The number of aryl methyl sites for hydroxylation is 2. The summed E-state index contributed by atoms with van der Waals surface area (Å²) in [5.74, 6) is 0.390. The predicted molar refractivity (Wildman–Crippen MR) is 116 cm³/mol. The number of amides is 2. The van der Waals surface area contributed by atoms with Crippen LogP contribution in [0.1, 0.15) is 17.0 Å². The van der Waals surface area contributed by atoms with Gasteiger partial charge in [0.25, 0.3) is 11.0 Å². The summed E-state index contributed by atoms with van der Waals surface area (Å²) in [6.45, 7) is 3.79. The zero-order valence-corrected chi connectivity index (χ0v) is 18.5. The first-order chi connectivity index (χ1) is 13.8. The van der Waals surface area contributed by atoms with E-state index >= 15 is 0 Å². The Morgan fingerprint density at radius 2 is 1.83 bits per heavy atom. The topological polar surface area (TPSA) is 92.5 Å². The Labute approximate surface area is 177 Å². The summed E-state index contributed by atoms with van der Waals surface area (Å²) in [5, 5.41) is 7.90. The van der Waals surface area contributed by atoms with Crippen molar-refractivity contribution in [3.63, 3.8) is 0 Å². The molecule has 8 nitrogen and oxygen atoms in total. The van der Waals surface area contributed by atoms with Crippen molar-refractivity contribution in [2.45, 2.75) is 30.3 Å². The molecule has 0 spiro atoms. The number of rotatable bonds is 5. The highest BCUT2D eigenvalue weighted by Crippen LogP contribution is 2.23. The largest absolute Gasteiger partial charge is 0.339 e. The fraction of sp³-hybridized carbons (Fsp3) is 0.316. The molecule has 1 aromatic carbocycles. The molecule has 3 aromatic rings. The molecule has 0 aliphatic rings. The first-order valence-electron chi connectivity index (χ1n) is 8.84. The molecule has 0 aliphatic carbocycles. The number of carbonyl (C=O) groups is 2. The van der Waals surface area contributed by atoms with Crippen molar-refractivity contribution < 1.29 is 9.59 Å². The minimum Gasteiger partial charge on any atom is -0.339 e. The molecule has 29 heavy (non-hydrogen) atoms. The minimum atomic E-state index is -0.146. The number of nitrogens with one attached hydrogen (secondary N) is 1. The molecule has 0 saturated heterocycles. The second-order valence-electron chi connectivity index (χ2n) is 6.58. The van der Waals surface area contributed by atoms with Crippen molar-refractivity contribution >= 4 is 46.1 Å². The normalized spacial score (nSPS) is 10.9. The molecule has 2 heterocycles. The molecule has 2 aromatic heterocycles. The van der Waals surface area contributed by atoms with Gasteiger partial charge in [0.15, 0.2) is 0 Å². The van der Waals surface area contributed by atoms with Gasteiger partial charge in [-0.3, -0.25) is 9.59 Å². The minimum absolute atomic E-state index is 0.0478. The number of hydrogen-bond acceptors (Lipinski definition) is 7. The molecule has 0 unspecified atom stereocenters. The van der Waals surface area contributed by atoms with Crippen LogP contribution < -0.4 is 5.32 Å². The van der Waals surface area contributed by atoms with Crippen molar-refractivity contribution in [2.75, 3.05) is 25.7 Å². The average Bonchev–Trinajstić information content (AvgIpc) is 3.10. The number of benzene rings is 1. The van der Waals surface area contributed by atoms with Crippen LogP contribution in [-0.4, -0.2) is 56.0 Å². The third kappa shape index (κ3) is 4.88. The molecule has 10 heteroatoms. The molecule has 2 amide bonds. The zero-order valence-electron chi connectivity index (χ0n) is 16.9. The van der Waals surface area contributed by atoms with Gasteiger partial charge in [-0.25, -0.2) is 9.50 Å². The fourth-order valence-electron chi connectivity index (χ4n) is 2.70. The Hall–Kier alpha value is -2.59. The number of carbonyl (C=O) groups excluding carboxylic acids is 2. The SMILES string of the molecule is CSc1nc2nc(C)c(CC(=O)Nc3ccc(SC(=O)N(C)C)cc3)c(C)n2n1. The van der Waals surface area contributed by atoms with E-state index in [1.807, 2.05) is 32.2 Å². The van der Waals surface area contributed by atoms with Gasteiger partial charge in [-0.05, 0) is 56.1 Å². The summed E-state index contributed by atoms with van der Waals surface area (Å²) in [6.07, 6.45) is 2.09. The first-order valence-corrected chi connectivity index (χ1v) is 10.9. The highest BCUT2D eigenvalue weighted by Gasteiger charge is 2.16. The maximum absolute atomic E-state index is 12.6. The summed E-state index contributed by atoms with van der Waals surface area (Å²) < 4.78 is 1.68. The third-order valence-electron chi connectivity index (χ3n) is 4.26. The summed E-state index contributed by atoms with van der Waals surface area (Å²) in [7, 11) is 3.42. The van der Waals surface area contributed by atoms with Crippen LogP contribution in [0.5, 0.6) is 0 Å². The van der Waals surface area contributed by atoms with Crippen molar-refractivity contribution in [1.82, 2.24) is 24.5 Å². The molecule has 0 bridgehead atoms. The van der Waals surface area contributed by atoms with Crippen LogP contribution in [0.4, 0.5) is 10.5 Å². The smallest absolute Gasteiger partial charge is 0.285 e. The second kappa shape index (κ2) is 8.83. The van der Waals surface area contributed by atoms with Gasteiger partial charge in [-0.2, -0.15) is 4.98 Å². The number of hydrogen-bond donors (Lipinski definition) is 1. The number of anilines is 1. The van der Waals surface area contributed by atoms with Crippen LogP contribution >= 0.6 is 23.5 Å². The lowest BCUT2D eigenvalue weighted by atomic mass is 10.1. The molecular formula is C19H22N6O2S2. The number of nitrogens with zero attached hydrogens (tertiary/aromatic N) is 5. The van der Waals surface area contributed by atoms with E-state index in [-0.39, 0.29) is 17.6 Å². The van der Waals surface area contributed by atoms with Crippen LogP contribution in [0, 0.1) is 13.8 Å². The lowest BCUT2D eigenvalue weighted by Gasteiger charge is -2.11. The van der Waals surface area contributed by atoms with E-state index in [2.05, 4.69) is 20.4 Å². The third-order valence-corrected chi connectivity index (χ3v) is 5.84. The molecule has 1 N–H and O–H groups in total. The van der Waals surface area contributed by atoms with Crippen molar-refractivity contribution in [2.24, 2.45) is 0 Å². The zero-order chi connectivity index (χ0) is 21.1. The lowest BCUT2D eigenvalue weighted by Crippen LogP contribution is -2.18. The first kappa shape index (κ1) is 21.1. The van der Waals surface area contributed by atoms with Crippen molar-refractivity contribution in [1.29, 1.82) is 0 Å². The maximum atomic E-state index is 12.6. The standard InChI is InChI=1S/C19H22N6O2S2/c1-11-15(12(2)25-17(20-11)22-18(23-25)28-5)10-16(26)21-13-6-8-14(9-7-13)29-19(27)24(3)4/h6-9H,10H2,1-5H3,(H,21,26). The van der Waals surface area contributed by atoms with Crippen LogP contribution in [-0.2, 0) is 11.2 Å². The fourth-order valence-corrected chi connectivity index (χ4v) is 3.69. The number of thioether (sulfide) groups is 2. The van der Waals surface area contributed by atoms with E-state index in [4.69, 9.17) is 0 Å². The van der Waals surface area contributed by atoms with Crippen LogP contribution in [0.25, 0.3) is 5.78 Å². The summed E-state index contributed by atoms with van der Waals surface area (Å²) >= 11 is 2.59. The highest BCUT2D eigenvalue weighted by atomic mass is 32.2. The summed E-state index contributed by atoms with van der Waals surface area (Å²) in [6, 6.07) is 7.19. The van der Waals surface area contributed by atoms with Crippen molar-refractivity contribution in [3.05, 3.63) is 41.2 Å². The molecule has 3 rings (SSSR count). The maximum Gasteiger partial charge on any atom is 0.285 e. The Morgan fingerprint density at radius 1 is 1.14 bits per heavy atom. The van der Waals surface area contributed by atoms with Gasteiger partial charge < -0.3 is 10.2 Å². The highest BCUT2D eigenvalue weighted by molar-refractivity contribution is 8.13. The van der Waals surface area contributed by atoms with Gasteiger partial charge in [0, 0.05) is 41.6 Å². The van der Waals surface area contributed by atoms with Crippen LogP contribution in [0.15, 0.2) is 34.3 Å². The summed E-state index contributed by atoms with van der Waals surface area (Å²) in [4.78, 5) is 35.5. The van der Waals surface area contributed by atoms with E-state index in [1.54, 1.807) is 30.7 Å². The van der Waals surface area contributed by atoms with E-state index in [0.717, 1.165) is 33.6 Å². The molecule has 0 saturated carbocycles. The van der Waals surface area contributed by atoms with Gasteiger partial charge in [0.05, 0.1) is 6.42 Å². The Balaban J connectivity index is 1.71. The molecule has 0 atom stereocenters. The van der Waals surface area contributed by atoms with Gasteiger partial charge >= 0.3 is 0 Å². The Kier molecular flexibility index (Phi) is 6.43. The van der Waals surface area contributed by atoms with E-state index in [1.165, 1.54) is 16.7 Å². The number of aromatic nitrogens is 4. The summed E-state index contributed by atoms with van der Waals surface area (Å²) in [5.41, 5.74) is 3.12. The van der Waals surface area contributed by atoms with Gasteiger partial charge in [0.2, 0.25) is 11.1 Å². The molecule has 152 valence electrons. The van der Waals surface area contributed by atoms with E-state index in [0.29, 0.717) is 16.6 Å².